The second-order valence-electron chi connectivity index (χ2n) is 9.95. The number of piperidine rings is 1. The number of anilines is 2. The molecule has 196 valence electrons. The molecule has 2 aromatic heterocycles. The number of rotatable bonds is 8. The van der Waals surface area contributed by atoms with Crippen molar-refractivity contribution >= 4 is 28.9 Å². The van der Waals surface area contributed by atoms with Gasteiger partial charge in [0.05, 0.1) is 24.0 Å². The van der Waals surface area contributed by atoms with Gasteiger partial charge in [-0.05, 0) is 69.7 Å². The van der Waals surface area contributed by atoms with E-state index in [9.17, 15) is 14.7 Å². The van der Waals surface area contributed by atoms with Crippen molar-refractivity contribution in [3.8, 4) is 0 Å². The first-order valence-electron chi connectivity index (χ1n) is 13.0. The van der Waals surface area contributed by atoms with Crippen molar-refractivity contribution in [2.45, 2.75) is 65.1 Å². The van der Waals surface area contributed by atoms with Gasteiger partial charge in [0.15, 0.2) is 5.82 Å². The fraction of sp³-hybridized carbons (Fsp3) is 0.481. The Kier molecular flexibility index (Phi) is 7.12. The number of aliphatic hydroxyl groups excluding tert-OH is 1. The molecule has 1 aromatic carbocycles. The molecule has 1 aliphatic carbocycles. The quantitative estimate of drug-likeness (QED) is 0.399. The minimum atomic E-state index is -0.390. The van der Waals surface area contributed by atoms with E-state index in [1.54, 1.807) is 11.4 Å². The van der Waals surface area contributed by atoms with E-state index in [-0.39, 0.29) is 24.7 Å². The van der Waals surface area contributed by atoms with E-state index >= 15 is 0 Å². The van der Waals surface area contributed by atoms with Crippen LogP contribution >= 0.6 is 0 Å². The van der Waals surface area contributed by atoms with Crippen LogP contribution in [0.15, 0.2) is 24.5 Å². The lowest BCUT2D eigenvalue weighted by Gasteiger charge is -2.29. The average Bonchev–Trinajstić information content (AvgIpc) is 3.65. The number of aryl methyl sites for hydroxylation is 2. The van der Waals surface area contributed by atoms with Crippen LogP contribution in [-0.4, -0.2) is 68.3 Å². The van der Waals surface area contributed by atoms with Gasteiger partial charge in [-0.1, -0.05) is 6.07 Å². The number of nitrogens with zero attached hydrogens (tertiary/aromatic N) is 4. The first-order valence-corrected chi connectivity index (χ1v) is 13.0. The van der Waals surface area contributed by atoms with Gasteiger partial charge < -0.3 is 20.5 Å². The summed E-state index contributed by atoms with van der Waals surface area (Å²) in [5, 5.41) is 20.9. The van der Waals surface area contributed by atoms with Crippen LogP contribution < -0.4 is 10.6 Å². The van der Waals surface area contributed by atoms with E-state index in [2.05, 4.69) is 25.6 Å². The Bertz CT molecular complexity index is 1320. The lowest BCUT2D eigenvalue weighted by molar-refractivity contribution is 0.0518. The van der Waals surface area contributed by atoms with E-state index in [1.807, 2.05) is 32.0 Å². The van der Waals surface area contributed by atoms with Gasteiger partial charge >= 0.3 is 5.97 Å². The summed E-state index contributed by atoms with van der Waals surface area (Å²) in [6.07, 6.45) is 4.63. The molecule has 5 rings (SSSR count). The number of likely N-dealkylation sites (tertiary alicyclic amines) is 1. The molecule has 2 fully saturated rings. The number of esters is 1. The predicted molar refractivity (Wildman–Crippen MR) is 139 cm³/mol. The van der Waals surface area contributed by atoms with Crippen LogP contribution in [0.25, 0.3) is 5.52 Å². The molecule has 10 heteroatoms. The fourth-order valence-corrected chi connectivity index (χ4v) is 4.86. The first kappa shape index (κ1) is 25.2. The Morgan fingerprint density at radius 1 is 1.16 bits per heavy atom. The molecule has 0 unspecified atom stereocenters. The van der Waals surface area contributed by atoms with Gasteiger partial charge in [-0.25, -0.2) is 14.3 Å². The smallest absolute Gasteiger partial charge is 0.340 e. The number of carbonyl (C=O) groups excluding carboxylic acids is 2. The number of hydrogen-bond donors (Lipinski definition) is 3. The maximum absolute atomic E-state index is 13.1. The maximum atomic E-state index is 13.1. The second-order valence-corrected chi connectivity index (χ2v) is 9.95. The molecule has 10 nitrogen and oxygen atoms in total. The summed E-state index contributed by atoms with van der Waals surface area (Å²) in [6.45, 7) is 7.88. The van der Waals surface area contributed by atoms with Gasteiger partial charge in [0.25, 0.3) is 5.91 Å². The molecule has 0 radical (unpaired) electrons. The van der Waals surface area contributed by atoms with E-state index < -0.39 is 5.97 Å². The van der Waals surface area contributed by atoms with Crippen LogP contribution in [0.4, 0.5) is 11.5 Å². The van der Waals surface area contributed by atoms with Crippen molar-refractivity contribution in [2.75, 3.05) is 25.0 Å². The molecule has 0 spiro atoms. The highest BCUT2D eigenvalue weighted by atomic mass is 16.5. The fourth-order valence-electron chi connectivity index (χ4n) is 4.86. The predicted octanol–water partition coefficient (Wildman–Crippen LogP) is 3.12. The van der Waals surface area contributed by atoms with E-state index in [0.717, 1.165) is 48.4 Å². The van der Waals surface area contributed by atoms with Crippen LogP contribution in [0, 0.1) is 13.8 Å². The van der Waals surface area contributed by atoms with E-state index in [1.165, 1.54) is 6.33 Å². The Hall–Kier alpha value is -3.50. The topological polar surface area (TPSA) is 121 Å². The van der Waals surface area contributed by atoms with Crippen LogP contribution in [0.1, 0.15) is 70.1 Å². The number of amides is 1. The van der Waals surface area contributed by atoms with Gasteiger partial charge in [0.2, 0.25) is 0 Å². The molecule has 0 bridgehead atoms. The molecule has 0 atom stereocenters. The third-order valence-electron chi connectivity index (χ3n) is 7.14. The molecule has 2 aliphatic rings. The Labute approximate surface area is 216 Å². The molecule has 1 aliphatic heterocycles. The summed E-state index contributed by atoms with van der Waals surface area (Å²) in [6, 6.07) is 5.84. The Morgan fingerprint density at radius 2 is 1.92 bits per heavy atom. The van der Waals surface area contributed by atoms with Gasteiger partial charge in [0.1, 0.15) is 11.8 Å². The number of nitrogens with one attached hydrogen (secondary N) is 2. The number of fused-ring (bicyclic) bond motifs is 1. The van der Waals surface area contributed by atoms with Crippen molar-refractivity contribution in [2.24, 2.45) is 0 Å². The van der Waals surface area contributed by atoms with E-state index in [0.29, 0.717) is 41.8 Å². The highest BCUT2D eigenvalue weighted by Crippen LogP contribution is 2.31. The zero-order valence-electron chi connectivity index (χ0n) is 21.6. The van der Waals surface area contributed by atoms with Gasteiger partial charge in [-0.15, -0.1) is 0 Å². The molecular weight excluding hydrogens is 472 g/mol. The van der Waals surface area contributed by atoms with Crippen molar-refractivity contribution in [3.05, 3.63) is 52.5 Å². The maximum Gasteiger partial charge on any atom is 0.340 e. The summed E-state index contributed by atoms with van der Waals surface area (Å²) in [4.78, 5) is 32.4. The summed E-state index contributed by atoms with van der Waals surface area (Å²) in [5.74, 6) is 0.0652. The highest BCUT2D eigenvalue weighted by Gasteiger charge is 2.28. The summed E-state index contributed by atoms with van der Waals surface area (Å²) >= 11 is 0. The minimum absolute atomic E-state index is 0.0872. The monoisotopic (exact) mass is 506 g/mol. The van der Waals surface area contributed by atoms with Crippen molar-refractivity contribution in [3.63, 3.8) is 0 Å². The summed E-state index contributed by atoms with van der Waals surface area (Å²) in [5.41, 5.74) is 4.94. The van der Waals surface area contributed by atoms with Crippen LogP contribution in [-0.2, 0) is 11.3 Å². The minimum Gasteiger partial charge on any atom is -0.462 e. The third-order valence-corrected chi connectivity index (χ3v) is 7.14. The van der Waals surface area contributed by atoms with Crippen LogP contribution in [0.2, 0.25) is 0 Å². The molecule has 3 heterocycles. The number of ether oxygens (including phenoxy) is 1. The van der Waals surface area contributed by atoms with Crippen molar-refractivity contribution in [1.82, 2.24) is 24.8 Å². The number of hydrogen-bond acceptors (Lipinski definition) is 8. The standard InChI is InChI=1S/C27H34N6O4/c1-4-37-27(36)23-17(3)24-25(28-15-29-33(24)22(23)14-32-11-9-20(34)10-12-32)31-21-13-18(6-5-16(21)2)26(35)30-19-7-8-19/h5-6,13,15,19-20,34H,4,7-12,14H2,1-3H3,(H,30,35)(H,28,29,31). The number of benzene rings is 1. The Morgan fingerprint density at radius 3 is 2.62 bits per heavy atom. The zero-order valence-corrected chi connectivity index (χ0v) is 21.6. The molecule has 37 heavy (non-hydrogen) atoms. The lowest BCUT2D eigenvalue weighted by atomic mass is 10.1. The number of aliphatic hydroxyl groups is 1. The number of aromatic nitrogens is 3. The van der Waals surface area contributed by atoms with Crippen molar-refractivity contribution < 1.29 is 19.4 Å². The SMILES string of the molecule is CCOC(=O)c1c(C)c2c(Nc3cc(C(=O)NC4CC4)ccc3C)ncnn2c1CN1CCC(O)CC1. The number of carbonyl (C=O) groups is 2. The summed E-state index contributed by atoms with van der Waals surface area (Å²) < 4.78 is 7.18. The largest absolute Gasteiger partial charge is 0.462 e. The molecule has 1 saturated heterocycles. The molecule has 3 N–H and O–H groups in total. The highest BCUT2D eigenvalue weighted by molar-refractivity contribution is 5.98. The Balaban J connectivity index is 1.53. The van der Waals surface area contributed by atoms with Crippen molar-refractivity contribution in [1.29, 1.82) is 0 Å². The second kappa shape index (κ2) is 10.5. The molecule has 3 aromatic rings. The van der Waals surface area contributed by atoms with Crippen LogP contribution in [0.3, 0.4) is 0 Å². The van der Waals surface area contributed by atoms with Gasteiger partial charge in [-0.3, -0.25) is 9.69 Å². The summed E-state index contributed by atoms with van der Waals surface area (Å²) in [7, 11) is 0. The lowest BCUT2D eigenvalue weighted by Crippen LogP contribution is -2.36. The molecular formula is C27H34N6O4. The molecule has 1 amide bonds. The average molecular weight is 507 g/mol. The third kappa shape index (κ3) is 5.30. The normalized spacial score (nSPS) is 16.6. The van der Waals surface area contributed by atoms with Crippen LogP contribution in [0.5, 0.6) is 0 Å². The van der Waals surface area contributed by atoms with Gasteiger partial charge in [0, 0.05) is 36.9 Å². The first-order chi connectivity index (χ1) is 17.9. The van der Waals surface area contributed by atoms with E-state index in [4.69, 9.17) is 4.74 Å². The zero-order chi connectivity index (χ0) is 26.1. The van der Waals surface area contributed by atoms with Gasteiger partial charge in [-0.2, -0.15) is 5.10 Å². The molecule has 1 saturated carbocycles.